The molecule has 0 saturated carbocycles. The monoisotopic (exact) mass is 450 g/mol. The maximum atomic E-state index is 11.6. The smallest absolute Gasteiger partial charge is 0.330 e. The van der Waals surface area contributed by atoms with Gasteiger partial charge in [0, 0.05) is 6.08 Å². The van der Waals surface area contributed by atoms with Crippen LogP contribution in [0.3, 0.4) is 0 Å². The van der Waals surface area contributed by atoms with Crippen molar-refractivity contribution in [2.45, 2.75) is 67.1 Å². The lowest BCUT2D eigenvalue weighted by molar-refractivity contribution is -0.159. The Balaban J connectivity index is 0.000000604. The van der Waals surface area contributed by atoms with E-state index in [1.807, 2.05) is 58.0 Å². The van der Waals surface area contributed by atoms with Crippen LogP contribution in [0.25, 0.3) is 0 Å². The van der Waals surface area contributed by atoms with E-state index in [1.54, 1.807) is 13.8 Å². The molecule has 0 amide bonds. The molecule has 0 radical (unpaired) electrons. The van der Waals surface area contributed by atoms with E-state index in [1.165, 1.54) is 0 Å². The molecule has 0 aromatic heterocycles. The van der Waals surface area contributed by atoms with E-state index in [4.69, 9.17) is 9.47 Å². The predicted molar refractivity (Wildman–Crippen MR) is 123 cm³/mol. The van der Waals surface area contributed by atoms with Crippen LogP contribution in [0.2, 0.25) is 0 Å². The second-order valence-electron chi connectivity index (χ2n) is 8.62. The molecular formula is C25H38O7. The number of ether oxygens (including phenoxy) is 3. The Labute approximate surface area is 191 Å². The Kier molecular flexibility index (Phi) is 13.2. The highest BCUT2D eigenvalue weighted by Gasteiger charge is 2.28. The Morgan fingerprint density at radius 2 is 1.38 bits per heavy atom. The van der Waals surface area contributed by atoms with Crippen molar-refractivity contribution in [2.24, 2.45) is 10.8 Å². The minimum absolute atomic E-state index is 0.131. The lowest BCUT2D eigenvalue weighted by Crippen LogP contribution is -2.31. The van der Waals surface area contributed by atoms with E-state index >= 15 is 0 Å². The van der Waals surface area contributed by atoms with Crippen molar-refractivity contribution in [1.29, 1.82) is 0 Å². The Morgan fingerprint density at radius 3 is 1.84 bits per heavy atom. The molecule has 0 bridgehead atoms. The van der Waals surface area contributed by atoms with Gasteiger partial charge in [-0.1, -0.05) is 50.8 Å². The number of carbonyl (C=O) groups excluding carboxylic acids is 3. The lowest BCUT2D eigenvalue weighted by atomic mass is 9.91. The molecule has 0 saturated heterocycles. The number of aliphatic hydroxyl groups excluding tert-OH is 1. The Hall–Kier alpha value is -2.67. The first-order valence-corrected chi connectivity index (χ1v) is 10.7. The largest absolute Gasteiger partial charge is 0.462 e. The van der Waals surface area contributed by atoms with Crippen LogP contribution in [0, 0.1) is 10.8 Å². The van der Waals surface area contributed by atoms with Crippen LogP contribution in [0.5, 0.6) is 0 Å². The fourth-order valence-electron chi connectivity index (χ4n) is 1.86. The molecule has 1 aromatic rings. The van der Waals surface area contributed by atoms with Gasteiger partial charge in [-0.15, -0.1) is 0 Å². The van der Waals surface area contributed by atoms with Gasteiger partial charge in [-0.3, -0.25) is 9.59 Å². The first-order chi connectivity index (χ1) is 14.9. The van der Waals surface area contributed by atoms with Crippen molar-refractivity contribution in [3.05, 3.63) is 48.6 Å². The van der Waals surface area contributed by atoms with Crippen LogP contribution < -0.4 is 0 Å². The average Bonchev–Trinajstić information content (AvgIpc) is 2.80. The predicted octanol–water partition coefficient (Wildman–Crippen LogP) is 4.22. The van der Waals surface area contributed by atoms with Gasteiger partial charge < -0.3 is 19.3 Å². The molecule has 32 heavy (non-hydrogen) atoms. The molecule has 1 atom stereocenters. The van der Waals surface area contributed by atoms with Crippen LogP contribution in [0.15, 0.2) is 43.0 Å². The second-order valence-corrected chi connectivity index (χ2v) is 8.62. The molecule has 1 unspecified atom stereocenters. The van der Waals surface area contributed by atoms with Gasteiger partial charge in [0.2, 0.25) is 0 Å². The highest BCUT2D eigenvalue weighted by molar-refractivity contribution is 5.81. The number of aliphatic hydroxyl groups is 1. The fourth-order valence-corrected chi connectivity index (χ4v) is 1.86. The number of benzene rings is 1. The number of esters is 3. The molecule has 1 N–H and O–H groups in total. The fraction of sp³-hybridized carbons (Fsp3) is 0.560. The SMILES string of the molecule is C=CC(=O)OCC(O)COC(=O)C(C)(C)CC.CCC(C)(C)C(=O)OCc1ccccc1. The van der Waals surface area contributed by atoms with Gasteiger partial charge >= 0.3 is 17.9 Å². The molecule has 0 heterocycles. The van der Waals surface area contributed by atoms with Crippen molar-refractivity contribution >= 4 is 17.9 Å². The summed E-state index contributed by atoms with van der Waals surface area (Å²) in [6.07, 6.45) is 1.42. The zero-order valence-electron chi connectivity index (χ0n) is 20.2. The van der Waals surface area contributed by atoms with Crippen LogP contribution in [0.1, 0.15) is 59.9 Å². The topological polar surface area (TPSA) is 99.1 Å². The quantitative estimate of drug-likeness (QED) is 0.306. The Bertz CT molecular complexity index is 723. The third kappa shape index (κ3) is 11.6. The maximum Gasteiger partial charge on any atom is 0.330 e. The van der Waals surface area contributed by atoms with Gasteiger partial charge in [0.25, 0.3) is 0 Å². The minimum atomic E-state index is -1.02. The van der Waals surface area contributed by atoms with Crippen molar-refractivity contribution in [1.82, 2.24) is 0 Å². The average molecular weight is 451 g/mol. The van der Waals surface area contributed by atoms with Crippen LogP contribution >= 0.6 is 0 Å². The van der Waals surface area contributed by atoms with Gasteiger partial charge in [-0.05, 0) is 46.1 Å². The van der Waals surface area contributed by atoms with Crippen molar-refractivity contribution in [3.8, 4) is 0 Å². The number of carbonyl (C=O) groups is 3. The summed E-state index contributed by atoms with van der Waals surface area (Å²) in [5.41, 5.74) is 0.0736. The summed E-state index contributed by atoms with van der Waals surface area (Å²) < 4.78 is 14.8. The van der Waals surface area contributed by atoms with E-state index in [0.717, 1.165) is 18.1 Å². The third-order valence-corrected chi connectivity index (χ3v) is 5.08. The summed E-state index contributed by atoms with van der Waals surface area (Å²) in [6.45, 7) is 14.4. The van der Waals surface area contributed by atoms with Gasteiger partial charge in [-0.25, -0.2) is 4.79 Å². The molecular weight excluding hydrogens is 412 g/mol. The molecule has 0 spiro atoms. The zero-order valence-corrected chi connectivity index (χ0v) is 20.2. The highest BCUT2D eigenvalue weighted by Crippen LogP contribution is 2.22. The summed E-state index contributed by atoms with van der Waals surface area (Å²) in [4.78, 5) is 33.9. The van der Waals surface area contributed by atoms with Crippen molar-refractivity contribution in [2.75, 3.05) is 13.2 Å². The van der Waals surface area contributed by atoms with Crippen molar-refractivity contribution in [3.63, 3.8) is 0 Å². The number of hydrogen-bond acceptors (Lipinski definition) is 7. The molecule has 0 aliphatic rings. The van der Waals surface area contributed by atoms with Crippen LogP contribution in [-0.4, -0.2) is 42.3 Å². The van der Waals surface area contributed by atoms with Crippen molar-refractivity contribution < 1.29 is 33.7 Å². The Morgan fingerprint density at radius 1 is 0.906 bits per heavy atom. The van der Waals surface area contributed by atoms with Gasteiger partial charge in [0.1, 0.15) is 25.9 Å². The normalized spacial score (nSPS) is 12.0. The summed E-state index contributed by atoms with van der Waals surface area (Å²) in [5.74, 6) is -1.13. The summed E-state index contributed by atoms with van der Waals surface area (Å²) in [6, 6.07) is 9.72. The second kappa shape index (κ2) is 14.4. The molecule has 7 heteroatoms. The first kappa shape index (κ1) is 29.3. The highest BCUT2D eigenvalue weighted by atomic mass is 16.6. The van der Waals surface area contributed by atoms with E-state index in [2.05, 4.69) is 11.3 Å². The maximum absolute atomic E-state index is 11.6. The molecule has 0 fully saturated rings. The molecule has 7 nitrogen and oxygen atoms in total. The van der Waals surface area contributed by atoms with E-state index < -0.39 is 17.5 Å². The molecule has 180 valence electrons. The zero-order chi connectivity index (χ0) is 24.8. The molecule has 1 aromatic carbocycles. The van der Waals surface area contributed by atoms with Gasteiger partial charge in [-0.2, -0.15) is 0 Å². The molecule has 1 rings (SSSR count). The van der Waals surface area contributed by atoms with Crippen LogP contribution in [-0.2, 0) is 35.2 Å². The van der Waals surface area contributed by atoms with Gasteiger partial charge in [0.05, 0.1) is 10.8 Å². The summed E-state index contributed by atoms with van der Waals surface area (Å²) in [5, 5.41) is 9.39. The lowest BCUT2D eigenvalue weighted by Gasteiger charge is -2.21. The summed E-state index contributed by atoms with van der Waals surface area (Å²) in [7, 11) is 0. The van der Waals surface area contributed by atoms with Crippen LogP contribution in [0.4, 0.5) is 0 Å². The minimum Gasteiger partial charge on any atom is -0.462 e. The molecule has 0 aliphatic heterocycles. The number of hydrogen-bond donors (Lipinski definition) is 1. The third-order valence-electron chi connectivity index (χ3n) is 5.08. The van der Waals surface area contributed by atoms with E-state index in [-0.39, 0.29) is 30.6 Å². The van der Waals surface area contributed by atoms with E-state index in [9.17, 15) is 19.5 Å². The molecule has 0 aliphatic carbocycles. The van der Waals surface area contributed by atoms with Gasteiger partial charge in [0.15, 0.2) is 0 Å². The standard InChI is InChI=1S/C13H18O2.C12H20O5/c1-4-13(2,3)12(14)15-10-11-8-6-5-7-9-11;1-5-10(14)16-7-9(13)8-17-11(15)12(3,4)6-2/h5-9H,4,10H2,1-3H3;5,9,13H,1,6-8H2,2-4H3. The number of rotatable bonds is 11. The van der Waals surface area contributed by atoms with E-state index in [0.29, 0.717) is 13.0 Å². The summed E-state index contributed by atoms with van der Waals surface area (Å²) >= 11 is 0. The first-order valence-electron chi connectivity index (χ1n) is 10.7.